The average Bonchev–Trinajstić information content (AvgIpc) is 3.58. The minimum absolute atomic E-state index is 0. The molecule has 1 saturated heterocycles. The smallest absolute Gasteiger partial charge is 0.333 e. The number of aromatic nitrogens is 2. The first-order valence-corrected chi connectivity index (χ1v) is 13.6. The zero-order chi connectivity index (χ0) is 24.7. The molecule has 0 spiro atoms. The summed E-state index contributed by atoms with van der Waals surface area (Å²) in [5, 5.41) is 6.47. The molecule has 2 N–H and O–H groups in total. The van der Waals surface area contributed by atoms with E-state index >= 15 is 0 Å². The number of urea groups is 1. The monoisotopic (exact) mass is 524 g/mol. The Morgan fingerprint density at radius 3 is 2.28 bits per heavy atom. The Morgan fingerprint density at radius 2 is 1.67 bits per heavy atom. The number of benzene rings is 1. The van der Waals surface area contributed by atoms with Crippen molar-refractivity contribution in [3.05, 3.63) is 40.1 Å². The van der Waals surface area contributed by atoms with Crippen LogP contribution in [-0.4, -0.2) is 90.9 Å². The van der Waals surface area contributed by atoms with Crippen molar-refractivity contribution in [2.75, 3.05) is 25.6 Å². The van der Waals surface area contributed by atoms with Crippen molar-refractivity contribution in [2.24, 2.45) is 7.05 Å². The van der Waals surface area contributed by atoms with Gasteiger partial charge in [-0.3, -0.25) is 9.48 Å². The van der Waals surface area contributed by atoms with E-state index < -0.39 is 16.1 Å². The topological polar surface area (TPSA) is 123 Å². The molecular formula is C24H31N5NaO5S. The maximum atomic E-state index is 13.0. The summed E-state index contributed by atoms with van der Waals surface area (Å²) in [5.74, 6) is -0.326. The Labute approximate surface area is 233 Å². The summed E-state index contributed by atoms with van der Waals surface area (Å²) in [4.78, 5) is 27.4. The molecule has 2 aliphatic carbocycles. The fraction of sp³-hybridized carbons (Fsp3) is 0.542. The van der Waals surface area contributed by atoms with Gasteiger partial charge in [0.15, 0.2) is 5.03 Å². The fourth-order valence-electron chi connectivity index (χ4n) is 5.47. The van der Waals surface area contributed by atoms with E-state index in [9.17, 15) is 18.0 Å². The maximum Gasteiger partial charge on any atom is 0.333 e. The largest absolute Gasteiger partial charge is 0.381 e. The summed E-state index contributed by atoms with van der Waals surface area (Å²) in [7, 11) is -1.07. The molecule has 0 atom stereocenters. The van der Waals surface area contributed by atoms with E-state index in [2.05, 4.69) is 21.2 Å². The van der Waals surface area contributed by atoms with E-state index in [1.54, 1.807) is 11.9 Å². The van der Waals surface area contributed by atoms with Gasteiger partial charge in [-0.1, -0.05) is 6.07 Å². The molecule has 1 radical (unpaired) electrons. The minimum atomic E-state index is -4.28. The standard InChI is InChI=1S/C24H31N5O5S.Na/c1-28(17-9-11-34-12-10-17)23(30)20-14-21(26-29(20)2)35(32,33)27-24(31)25-22-18-7-3-5-15(18)13-16-6-4-8-19(16)22;/h13-14,17H,3-12H2,1-2H3,(H2,25,27,31);. The van der Waals surface area contributed by atoms with Crippen LogP contribution in [0.4, 0.5) is 10.5 Å². The Morgan fingerprint density at radius 1 is 1.06 bits per heavy atom. The predicted octanol–water partition coefficient (Wildman–Crippen LogP) is 1.78. The summed E-state index contributed by atoms with van der Waals surface area (Å²) in [6, 6.07) is 2.65. The molecule has 1 fully saturated rings. The number of amides is 3. The molecule has 2 heterocycles. The molecular weight excluding hydrogens is 493 g/mol. The second-order valence-electron chi connectivity index (χ2n) is 9.54. The number of nitrogens with zero attached hydrogens (tertiary/aromatic N) is 3. The molecule has 0 unspecified atom stereocenters. The molecule has 1 aromatic carbocycles. The van der Waals surface area contributed by atoms with E-state index in [4.69, 9.17) is 4.74 Å². The first kappa shape index (κ1) is 27.1. The summed E-state index contributed by atoms with van der Waals surface area (Å²) in [6.45, 7) is 1.17. The molecule has 2 aromatic rings. The molecule has 12 heteroatoms. The average molecular weight is 525 g/mol. The number of hydrogen-bond donors (Lipinski definition) is 2. The molecule has 10 nitrogen and oxygen atoms in total. The summed E-state index contributed by atoms with van der Waals surface area (Å²) in [5.41, 5.74) is 5.60. The molecule has 189 valence electrons. The van der Waals surface area contributed by atoms with E-state index in [0.717, 1.165) is 68.2 Å². The van der Waals surface area contributed by atoms with E-state index in [-0.39, 0.29) is 52.2 Å². The number of ether oxygens (including phenoxy) is 1. The number of rotatable bonds is 5. The minimum Gasteiger partial charge on any atom is -0.381 e. The number of fused-ring (bicyclic) bond motifs is 2. The van der Waals surface area contributed by atoms with Crippen LogP contribution in [0, 0.1) is 0 Å². The predicted molar refractivity (Wildman–Crippen MR) is 135 cm³/mol. The van der Waals surface area contributed by atoms with Crippen LogP contribution in [0.15, 0.2) is 17.2 Å². The number of carbonyl (C=O) groups is 2. The Bertz CT molecular complexity index is 1250. The van der Waals surface area contributed by atoms with Crippen LogP contribution in [0.25, 0.3) is 0 Å². The molecule has 0 bridgehead atoms. The summed E-state index contributed by atoms with van der Waals surface area (Å²) < 4.78 is 34.6. The van der Waals surface area contributed by atoms with Crippen molar-refractivity contribution in [3.8, 4) is 0 Å². The van der Waals surface area contributed by atoms with Crippen LogP contribution in [0.2, 0.25) is 0 Å². The second kappa shape index (κ2) is 10.8. The van der Waals surface area contributed by atoms with Crippen LogP contribution >= 0.6 is 0 Å². The third kappa shape index (κ3) is 5.22. The molecule has 1 aliphatic heterocycles. The molecule has 0 saturated carbocycles. The van der Waals surface area contributed by atoms with Crippen molar-refractivity contribution in [2.45, 2.75) is 62.4 Å². The van der Waals surface area contributed by atoms with Gasteiger partial charge in [0.1, 0.15) is 5.69 Å². The van der Waals surface area contributed by atoms with Gasteiger partial charge >= 0.3 is 6.03 Å². The molecule has 36 heavy (non-hydrogen) atoms. The Hall–Kier alpha value is -1.92. The van der Waals surface area contributed by atoms with Crippen molar-refractivity contribution < 1.29 is 22.7 Å². The number of anilines is 1. The number of carbonyl (C=O) groups excluding carboxylic acids is 2. The van der Waals surface area contributed by atoms with Crippen LogP contribution < -0.4 is 10.0 Å². The Balaban J connectivity index is 0.00000304. The number of nitrogens with one attached hydrogen (secondary N) is 2. The van der Waals surface area contributed by atoms with Gasteiger partial charge in [0.25, 0.3) is 15.9 Å². The first-order valence-electron chi connectivity index (χ1n) is 12.1. The van der Waals surface area contributed by atoms with E-state index in [0.29, 0.717) is 13.2 Å². The molecule has 3 amide bonds. The number of sulfonamides is 1. The van der Waals surface area contributed by atoms with Gasteiger partial charge in [0.05, 0.1) is 0 Å². The van der Waals surface area contributed by atoms with Gasteiger partial charge in [-0.25, -0.2) is 9.52 Å². The normalized spacial score (nSPS) is 17.2. The number of hydrogen-bond acceptors (Lipinski definition) is 6. The number of aryl methyl sites for hydroxylation is 3. The van der Waals surface area contributed by atoms with Gasteiger partial charge < -0.3 is 15.0 Å². The third-order valence-corrected chi connectivity index (χ3v) is 8.55. The van der Waals surface area contributed by atoms with Crippen LogP contribution in [-0.2, 0) is 47.5 Å². The summed E-state index contributed by atoms with van der Waals surface area (Å²) >= 11 is 0. The Kier molecular flexibility index (Phi) is 8.16. The van der Waals surface area contributed by atoms with Crippen molar-refractivity contribution in [1.29, 1.82) is 0 Å². The van der Waals surface area contributed by atoms with Gasteiger partial charge in [-0.2, -0.15) is 13.5 Å². The van der Waals surface area contributed by atoms with Crippen molar-refractivity contribution in [3.63, 3.8) is 0 Å². The van der Waals surface area contributed by atoms with E-state index in [1.165, 1.54) is 28.9 Å². The molecule has 3 aliphatic rings. The van der Waals surface area contributed by atoms with Gasteiger partial charge in [-0.15, -0.1) is 0 Å². The van der Waals surface area contributed by atoms with Crippen molar-refractivity contribution in [1.82, 2.24) is 19.4 Å². The second-order valence-corrected chi connectivity index (χ2v) is 11.2. The maximum absolute atomic E-state index is 13.0. The van der Waals surface area contributed by atoms with E-state index in [1.807, 2.05) is 0 Å². The van der Waals surface area contributed by atoms with Crippen LogP contribution in [0.5, 0.6) is 0 Å². The van der Waals surface area contributed by atoms with Crippen molar-refractivity contribution >= 4 is 57.2 Å². The molecule has 5 rings (SSSR count). The zero-order valence-corrected chi connectivity index (χ0v) is 23.9. The van der Waals surface area contributed by atoms with Crippen LogP contribution in [0.1, 0.15) is 58.4 Å². The summed E-state index contributed by atoms with van der Waals surface area (Å²) in [6.07, 6.45) is 7.20. The third-order valence-electron chi connectivity index (χ3n) is 7.35. The quantitative estimate of drug-likeness (QED) is 0.575. The fourth-order valence-corrected chi connectivity index (χ4v) is 6.37. The van der Waals surface area contributed by atoms with Crippen LogP contribution in [0.3, 0.4) is 0 Å². The zero-order valence-electron chi connectivity index (χ0n) is 21.1. The first-order chi connectivity index (χ1) is 16.7. The molecule has 1 aromatic heterocycles. The van der Waals surface area contributed by atoms with Gasteiger partial charge in [0, 0.05) is 74.7 Å². The SMILES string of the molecule is CN(C(=O)c1cc(S(=O)(=O)NC(=O)Nc2c3c(cc4c2CCC4)CCC3)nn1C)C1CCOCC1.[Na]. The van der Waals surface area contributed by atoms with Gasteiger partial charge in [-0.05, 0) is 73.6 Å². The van der Waals surface area contributed by atoms with Gasteiger partial charge in [0.2, 0.25) is 0 Å².